The van der Waals surface area contributed by atoms with Crippen LogP contribution in [-0.2, 0) is 21.2 Å². The molecule has 0 unspecified atom stereocenters. The first kappa shape index (κ1) is 16.0. The van der Waals surface area contributed by atoms with E-state index >= 15 is 0 Å². The molecule has 0 radical (unpaired) electrons. The zero-order valence-electron chi connectivity index (χ0n) is 13.4. The number of carbonyl (C=O) groups is 1. The molecule has 1 aromatic carbocycles. The minimum Gasteiger partial charge on any atom is -0.341 e. The van der Waals surface area contributed by atoms with Crippen LogP contribution in [0.2, 0.25) is 0 Å². The molecule has 0 bridgehead atoms. The number of likely N-dealkylation sites (tertiary alicyclic amines) is 1. The highest BCUT2D eigenvalue weighted by atomic mass is 32.2. The second kappa shape index (κ2) is 5.96. The molecule has 0 N–H and O–H groups in total. The molecule has 1 fully saturated rings. The second-order valence-electron chi connectivity index (χ2n) is 6.33. The van der Waals surface area contributed by atoms with Crippen molar-refractivity contribution in [3.8, 4) is 0 Å². The zero-order valence-corrected chi connectivity index (χ0v) is 14.2. The lowest BCUT2D eigenvalue weighted by molar-refractivity contribution is -0.133. The van der Waals surface area contributed by atoms with Crippen molar-refractivity contribution in [2.24, 2.45) is 5.92 Å². The van der Waals surface area contributed by atoms with Crippen LogP contribution >= 0.6 is 0 Å². The number of hydrogen-bond acceptors (Lipinski definition) is 4. The van der Waals surface area contributed by atoms with E-state index in [0.29, 0.717) is 17.0 Å². The summed E-state index contributed by atoms with van der Waals surface area (Å²) in [6.45, 7) is 3.62. The van der Waals surface area contributed by atoms with Gasteiger partial charge < -0.3 is 9.47 Å². The number of rotatable bonds is 3. The number of fused-ring (bicyclic) bond motifs is 1. The van der Waals surface area contributed by atoms with Crippen molar-refractivity contribution in [1.82, 2.24) is 14.5 Å². The number of imidazole rings is 1. The summed E-state index contributed by atoms with van der Waals surface area (Å²) in [6, 6.07) is 7.18. The average Bonchev–Trinajstić information content (AvgIpc) is 2.86. The quantitative estimate of drug-likeness (QED) is 0.856. The summed E-state index contributed by atoms with van der Waals surface area (Å²) in [4.78, 5) is 18.6. The number of benzene rings is 1. The van der Waals surface area contributed by atoms with Gasteiger partial charge in [0.15, 0.2) is 0 Å². The van der Waals surface area contributed by atoms with Gasteiger partial charge in [-0.25, -0.2) is 13.4 Å². The van der Waals surface area contributed by atoms with Crippen LogP contribution in [0.4, 0.5) is 0 Å². The summed E-state index contributed by atoms with van der Waals surface area (Å²) in [6.07, 6.45) is 3.25. The van der Waals surface area contributed by atoms with Gasteiger partial charge in [0.1, 0.15) is 6.54 Å². The third kappa shape index (κ3) is 3.24. The number of amides is 1. The van der Waals surface area contributed by atoms with Gasteiger partial charge in [-0.15, -0.1) is 0 Å². The fraction of sp³-hybridized carbons (Fsp3) is 0.500. The van der Waals surface area contributed by atoms with Crippen LogP contribution in [0, 0.1) is 5.92 Å². The van der Waals surface area contributed by atoms with E-state index in [1.54, 1.807) is 18.2 Å². The number of para-hydroxylation sites is 2. The lowest BCUT2D eigenvalue weighted by atomic mass is 10.0. The lowest BCUT2D eigenvalue weighted by Crippen LogP contribution is -2.41. The van der Waals surface area contributed by atoms with Crippen molar-refractivity contribution in [2.75, 3.05) is 19.3 Å². The summed E-state index contributed by atoms with van der Waals surface area (Å²) in [7, 11) is -3.50. The molecule has 3 rings (SSSR count). The van der Waals surface area contributed by atoms with Gasteiger partial charge in [-0.05, 0) is 30.9 Å². The van der Waals surface area contributed by atoms with Gasteiger partial charge in [-0.2, -0.15) is 0 Å². The van der Waals surface area contributed by atoms with Crippen LogP contribution in [0.25, 0.3) is 11.0 Å². The Balaban J connectivity index is 1.97. The van der Waals surface area contributed by atoms with Crippen LogP contribution in [0.5, 0.6) is 0 Å². The van der Waals surface area contributed by atoms with Gasteiger partial charge in [0, 0.05) is 19.3 Å². The number of piperidine rings is 1. The first-order valence-corrected chi connectivity index (χ1v) is 9.68. The summed E-state index contributed by atoms with van der Waals surface area (Å²) in [5.74, 6) is 0.436. The molecule has 0 saturated carbocycles. The zero-order chi connectivity index (χ0) is 16.6. The summed E-state index contributed by atoms with van der Waals surface area (Å²) < 4.78 is 25.6. The first-order chi connectivity index (χ1) is 10.9. The van der Waals surface area contributed by atoms with Crippen LogP contribution < -0.4 is 0 Å². The van der Waals surface area contributed by atoms with E-state index in [1.807, 2.05) is 11.0 Å². The molecule has 1 aliphatic rings. The second-order valence-corrected chi connectivity index (χ2v) is 8.24. The smallest absolute Gasteiger partial charge is 0.242 e. The van der Waals surface area contributed by atoms with Crippen LogP contribution in [0.1, 0.15) is 19.8 Å². The maximum Gasteiger partial charge on any atom is 0.242 e. The normalized spacial score (nSPS) is 19.2. The van der Waals surface area contributed by atoms with Crippen molar-refractivity contribution in [2.45, 2.75) is 31.5 Å². The fourth-order valence-corrected chi connectivity index (χ4v) is 3.97. The average molecular weight is 335 g/mol. The van der Waals surface area contributed by atoms with Gasteiger partial charge in [-0.3, -0.25) is 4.79 Å². The van der Waals surface area contributed by atoms with Gasteiger partial charge in [0.2, 0.25) is 20.9 Å². The minimum absolute atomic E-state index is 0.00956. The molecular formula is C16H21N3O3S. The standard InChI is InChI=1S/C16H21N3O3S/c1-12-6-5-9-18(10-12)15(20)11-19-14-8-4-3-7-13(14)17-16(19)23(2,21)22/h3-4,7-8,12H,5-6,9-11H2,1-2H3/t12-/m1/s1. The minimum atomic E-state index is -3.50. The molecule has 0 aliphatic carbocycles. The van der Waals surface area contributed by atoms with Crippen molar-refractivity contribution in [3.05, 3.63) is 24.3 Å². The molecule has 0 spiro atoms. The monoisotopic (exact) mass is 335 g/mol. The van der Waals surface area contributed by atoms with Crippen LogP contribution in [0.15, 0.2) is 29.4 Å². The number of hydrogen-bond donors (Lipinski definition) is 0. The molecule has 1 amide bonds. The fourth-order valence-electron chi connectivity index (χ4n) is 3.14. The summed E-state index contributed by atoms with van der Waals surface area (Å²) in [5.41, 5.74) is 1.26. The topological polar surface area (TPSA) is 72.3 Å². The molecule has 6 nitrogen and oxygen atoms in total. The molecule has 23 heavy (non-hydrogen) atoms. The predicted octanol–water partition coefficient (Wildman–Crippen LogP) is 1.70. The number of sulfone groups is 1. The Morgan fingerprint density at radius 3 is 2.78 bits per heavy atom. The van der Waals surface area contributed by atoms with E-state index < -0.39 is 9.84 Å². The Bertz CT molecular complexity index is 841. The van der Waals surface area contributed by atoms with Crippen LogP contribution in [-0.4, -0.2) is 48.1 Å². The molecule has 7 heteroatoms. The summed E-state index contributed by atoms with van der Waals surface area (Å²) >= 11 is 0. The predicted molar refractivity (Wildman–Crippen MR) is 87.8 cm³/mol. The van der Waals surface area contributed by atoms with E-state index in [0.717, 1.165) is 32.2 Å². The van der Waals surface area contributed by atoms with Crippen molar-refractivity contribution in [3.63, 3.8) is 0 Å². The molecule has 2 aromatic rings. The van der Waals surface area contributed by atoms with E-state index in [1.165, 1.54) is 4.57 Å². The Kier molecular flexibility index (Phi) is 4.14. The van der Waals surface area contributed by atoms with Gasteiger partial charge in [0.25, 0.3) is 0 Å². The number of aromatic nitrogens is 2. The molecule has 124 valence electrons. The maximum absolute atomic E-state index is 12.6. The Morgan fingerprint density at radius 1 is 1.35 bits per heavy atom. The SMILES string of the molecule is C[C@@H]1CCCN(C(=O)Cn2c(S(C)(=O)=O)nc3ccccc32)C1. The van der Waals surface area contributed by atoms with Crippen LogP contribution in [0.3, 0.4) is 0 Å². The molecule has 1 atom stereocenters. The van der Waals surface area contributed by atoms with E-state index in [4.69, 9.17) is 0 Å². The van der Waals surface area contributed by atoms with E-state index in [2.05, 4.69) is 11.9 Å². The highest BCUT2D eigenvalue weighted by Crippen LogP contribution is 2.21. The largest absolute Gasteiger partial charge is 0.341 e. The van der Waals surface area contributed by atoms with Crippen molar-refractivity contribution >= 4 is 26.8 Å². The first-order valence-electron chi connectivity index (χ1n) is 7.79. The van der Waals surface area contributed by atoms with Crippen molar-refractivity contribution < 1.29 is 13.2 Å². The van der Waals surface area contributed by atoms with Crippen molar-refractivity contribution in [1.29, 1.82) is 0 Å². The van der Waals surface area contributed by atoms with Gasteiger partial charge in [-0.1, -0.05) is 19.1 Å². The molecule has 2 heterocycles. The maximum atomic E-state index is 12.6. The molecule has 1 aromatic heterocycles. The number of nitrogens with zero attached hydrogens (tertiary/aromatic N) is 3. The van der Waals surface area contributed by atoms with E-state index in [-0.39, 0.29) is 17.6 Å². The molecule has 1 aliphatic heterocycles. The molecule has 1 saturated heterocycles. The van der Waals surface area contributed by atoms with Gasteiger partial charge in [0.05, 0.1) is 11.0 Å². The lowest BCUT2D eigenvalue weighted by Gasteiger charge is -2.31. The Morgan fingerprint density at radius 2 is 2.09 bits per heavy atom. The van der Waals surface area contributed by atoms with Gasteiger partial charge >= 0.3 is 0 Å². The summed E-state index contributed by atoms with van der Waals surface area (Å²) in [5, 5.41) is -0.0443. The highest BCUT2D eigenvalue weighted by molar-refractivity contribution is 7.90. The Labute approximate surface area is 136 Å². The Hall–Kier alpha value is -1.89. The number of carbonyl (C=O) groups excluding carboxylic acids is 1. The third-order valence-electron chi connectivity index (χ3n) is 4.25. The molecular weight excluding hydrogens is 314 g/mol. The third-order valence-corrected chi connectivity index (χ3v) is 5.23. The highest BCUT2D eigenvalue weighted by Gasteiger charge is 2.25. The van der Waals surface area contributed by atoms with E-state index in [9.17, 15) is 13.2 Å².